The maximum atomic E-state index is 14.0. The number of carbonyl (C=O) groups excluding carboxylic acids is 3. The Morgan fingerprint density at radius 1 is 0.946 bits per heavy atom. The van der Waals surface area contributed by atoms with Crippen LogP contribution >= 0.6 is 0 Å². The fraction of sp³-hybridized carbons (Fsp3) is 0.276. The number of likely N-dealkylation sites (N-methyl/N-ethyl adjacent to an activating group) is 1. The summed E-state index contributed by atoms with van der Waals surface area (Å²) in [5.74, 6) is 0.504. The molecule has 2 aliphatic heterocycles. The van der Waals surface area contributed by atoms with Crippen molar-refractivity contribution in [1.29, 1.82) is 0 Å². The lowest BCUT2D eigenvalue weighted by Gasteiger charge is -2.29. The van der Waals surface area contributed by atoms with E-state index in [1.54, 1.807) is 4.90 Å². The normalized spacial score (nSPS) is 18.2. The summed E-state index contributed by atoms with van der Waals surface area (Å²) in [5.41, 5.74) is 2.83. The first-order valence-corrected chi connectivity index (χ1v) is 12.3. The second kappa shape index (κ2) is 9.61. The van der Waals surface area contributed by atoms with E-state index in [1.807, 2.05) is 87.5 Å². The van der Waals surface area contributed by atoms with Crippen LogP contribution in [0.4, 0.5) is 4.79 Å². The van der Waals surface area contributed by atoms with E-state index < -0.39 is 17.5 Å². The molecular weight excluding hydrogens is 470 g/mol. The van der Waals surface area contributed by atoms with Crippen molar-refractivity contribution in [2.75, 3.05) is 19.9 Å². The van der Waals surface area contributed by atoms with Gasteiger partial charge in [-0.15, -0.1) is 0 Å². The number of nitrogens with zero attached hydrogens (tertiary/aromatic N) is 2. The molecule has 8 heteroatoms. The summed E-state index contributed by atoms with van der Waals surface area (Å²) in [4.78, 5) is 43.2. The van der Waals surface area contributed by atoms with E-state index in [1.165, 1.54) is 0 Å². The molecule has 0 saturated carbocycles. The molecule has 0 aliphatic carbocycles. The van der Waals surface area contributed by atoms with Gasteiger partial charge in [0.15, 0.2) is 17.0 Å². The minimum absolute atomic E-state index is 0.172. The Bertz CT molecular complexity index is 1370. The predicted molar refractivity (Wildman–Crippen MR) is 137 cm³/mol. The van der Waals surface area contributed by atoms with Gasteiger partial charge in [-0.1, -0.05) is 54.6 Å². The molecular formula is C29H29N3O5. The molecule has 3 aromatic carbocycles. The van der Waals surface area contributed by atoms with Crippen molar-refractivity contribution in [3.05, 3.63) is 94.5 Å². The molecule has 4 amide bonds. The van der Waals surface area contributed by atoms with Gasteiger partial charge in [-0.3, -0.25) is 14.5 Å². The molecule has 0 bridgehead atoms. The molecule has 2 heterocycles. The smallest absolute Gasteiger partial charge is 0.326 e. The first kappa shape index (κ1) is 24.4. The Kier molecular flexibility index (Phi) is 6.33. The highest BCUT2D eigenvalue weighted by molar-refractivity contribution is 6.11. The van der Waals surface area contributed by atoms with Gasteiger partial charge in [0.1, 0.15) is 6.54 Å². The highest BCUT2D eigenvalue weighted by atomic mass is 16.7. The van der Waals surface area contributed by atoms with Crippen LogP contribution in [-0.2, 0) is 21.7 Å². The fourth-order valence-corrected chi connectivity index (χ4v) is 4.81. The van der Waals surface area contributed by atoms with Crippen molar-refractivity contribution in [3.8, 4) is 11.5 Å². The Hall–Kier alpha value is -4.33. The number of nitrogens with one attached hydrogen (secondary N) is 1. The maximum Gasteiger partial charge on any atom is 0.326 e. The number of benzene rings is 3. The third-order valence-corrected chi connectivity index (χ3v) is 7.09. The molecule has 0 aromatic heterocycles. The van der Waals surface area contributed by atoms with Gasteiger partial charge < -0.3 is 19.7 Å². The van der Waals surface area contributed by atoms with Gasteiger partial charge in [0, 0.05) is 13.1 Å². The third kappa shape index (κ3) is 4.28. The zero-order valence-corrected chi connectivity index (χ0v) is 21.1. The molecule has 1 fully saturated rings. The van der Waals surface area contributed by atoms with Gasteiger partial charge in [-0.2, -0.15) is 0 Å². The van der Waals surface area contributed by atoms with Crippen molar-refractivity contribution in [2.24, 2.45) is 0 Å². The van der Waals surface area contributed by atoms with Crippen LogP contribution in [0.2, 0.25) is 0 Å². The molecule has 5 rings (SSSR count). The number of fused-ring (bicyclic) bond motifs is 1. The Labute approximate surface area is 215 Å². The summed E-state index contributed by atoms with van der Waals surface area (Å²) in [6, 6.07) is 19.8. The van der Waals surface area contributed by atoms with Crippen LogP contribution in [-0.4, -0.2) is 47.5 Å². The van der Waals surface area contributed by atoms with Crippen molar-refractivity contribution < 1.29 is 23.9 Å². The summed E-state index contributed by atoms with van der Waals surface area (Å²) in [6.07, 6.45) is 0. The van der Waals surface area contributed by atoms with E-state index in [0.717, 1.165) is 21.6 Å². The number of rotatable bonds is 7. The predicted octanol–water partition coefficient (Wildman–Crippen LogP) is 3.88. The second-order valence-electron chi connectivity index (χ2n) is 9.33. The summed E-state index contributed by atoms with van der Waals surface area (Å²) in [6.45, 7) is 6.37. The van der Waals surface area contributed by atoms with Crippen molar-refractivity contribution >= 4 is 17.8 Å². The first-order valence-electron chi connectivity index (χ1n) is 12.3. The highest BCUT2D eigenvalue weighted by Gasteiger charge is 2.54. The fourth-order valence-electron chi connectivity index (χ4n) is 4.81. The van der Waals surface area contributed by atoms with E-state index in [-0.39, 0.29) is 19.2 Å². The molecule has 0 spiro atoms. The maximum absolute atomic E-state index is 14.0. The largest absolute Gasteiger partial charge is 0.454 e. The van der Waals surface area contributed by atoms with Gasteiger partial charge in [-0.25, -0.2) is 4.79 Å². The average molecular weight is 500 g/mol. The standard InChI is InChI=1S/C29H29N3O5/c1-4-31(16-21-11-13-24-25(15-21)37-18-36-24)26(33)17-32-27(34)29(30-28(32)35,22-8-6-5-7-9-22)23-12-10-19(2)20(3)14-23/h5-15H,4,16-18H2,1-3H3,(H,30,35)/t29-/m1/s1. The molecule has 1 saturated heterocycles. The van der Waals surface area contributed by atoms with Crippen LogP contribution in [0.25, 0.3) is 0 Å². The molecule has 37 heavy (non-hydrogen) atoms. The van der Waals surface area contributed by atoms with Crippen molar-refractivity contribution in [2.45, 2.75) is 32.9 Å². The molecule has 2 aliphatic rings. The van der Waals surface area contributed by atoms with Gasteiger partial charge in [0.2, 0.25) is 12.7 Å². The molecule has 1 atom stereocenters. The van der Waals surface area contributed by atoms with Gasteiger partial charge in [0.05, 0.1) is 0 Å². The van der Waals surface area contributed by atoms with Crippen molar-refractivity contribution in [3.63, 3.8) is 0 Å². The topological polar surface area (TPSA) is 88.2 Å². The number of aryl methyl sites for hydroxylation is 2. The number of hydrogen-bond donors (Lipinski definition) is 1. The van der Waals surface area contributed by atoms with E-state index in [2.05, 4.69) is 5.32 Å². The molecule has 0 radical (unpaired) electrons. The van der Waals surface area contributed by atoms with Crippen LogP contribution in [0.1, 0.15) is 34.7 Å². The van der Waals surface area contributed by atoms with Crippen LogP contribution in [0, 0.1) is 13.8 Å². The van der Waals surface area contributed by atoms with E-state index in [9.17, 15) is 14.4 Å². The first-order chi connectivity index (χ1) is 17.8. The highest BCUT2D eigenvalue weighted by Crippen LogP contribution is 2.37. The molecule has 0 unspecified atom stereocenters. The van der Waals surface area contributed by atoms with E-state index in [4.69, 9.17) is 9.47 Å². The number of amides is 4. The summed E-state index contributed by atoms with van der Waals surface area (Å²) in [5, 5.41) is 2.92. The quantitative estimate of drug-likeness (QED) is 0.499. The summed E-state index contributed by atoms with van der Waals surface area (Å²) < 4.78 is 10.8. The minimum atomic E-state index is -1.41. The van der Waals surface area contributed by atoms with E-state index in [0.29, 0.717) is 35.7 Å². The summed E-state index contributed by atoms with van der Waals surface area (Å²) in [7, 11) is 0. The number of carbonyl (C=O) groups is 3. The molecule has 8 nitrogen and oxygen atoms in total. The van der Waals surface area contributed by atoms with Gasteiger partial charge >= 0.3 is 6.03 Å². The zero-order chi connectivity index (χ0) is 26.2. The number of ether oxygens (including phenoxy) is 2. The Morgan fingerprint density at radius 2 is 1.70 bits per heavy atom. The Balaban J connectivity index is 1.42. The van der Waals surface area contributed by atoms with Gasteiger partial charge in [0.25, 0.3) is 5.91 Å². The lowest BCUT2D eigenvalue weighted by molar-refractivity contribution is -0.138. The number of imide groups is 1. The lowest BCUT2D eigenvalue weighted by Crippen LogP contribution is -2.46. The van der Waals surface area contributed by atoms with Crippen LogP contribution in [0.5, 0.6) is 11.5 Å². The zero-order valence-electron chi connectivity index (χ0n) is 21.1. The van der Waals surface area contributed by atoms with E-state index >= 15 is 0 Å². The van der Waals surface area contributed by atoms with Crippen LogP contribution in [0.3, 0.4) is 0 Å². The number of hydrogen-bond acceptors (Lipinski definition) is 5. The molecule has 190 valence electrons. The van der Waals surface area contributed by atoms with Crippen LogP contribution in [0.15, 0.2) is 66.7 Å². The molecule has 1 N–H and O–H groups in total. The minimum Gasteiger partial charge on any atom is -0.454 e. The second-order valence-corrected chi connectivity index (χ2v) is 9.33. The summed E-state index contributed by atoms with van der Waals surface area (Å²) >= 11 is 0. The third-order valence-electron chi connectivity index (χ3n) is 7.09. The van der Waals surface area contributed by atoms with Crippen molar-refractivity contribution in [1.82, 2.24) is 15.1 Å². The Morgan fingerprint density at radius 3 is 2.43 bits per heavy atom. The number of urea groups is 1. The van der Waals surface area contributed by atoms with Gasteiger partial charge in [-0.05, 0) is 60.7 Å². The monoisotopic (exact) mass is 499 g/mol. The SMILES string of the molecule is CCN(Cc1ccc2c(c1)OCO2)C(=O)CN1C(=O)N[C@](c2ccccc2)(c2ccc(C)c(C)c2)C1=O. The van der Waals surface area contributed by atoms with Crippen LogP contribution < -0.4 is 14.8 Å². The molecule has 3 aromatic rings. The lowest BCUT2D eigenvalue weighted by atomic mass is 9.81. The average Bonchev–Trinajstić information content (AvgIpc) is 3.47.